The number of fused-ring (bicyclic) bond motifs is 1. The molecule has 7 nitrogen and oxygen atoms in total. The van der Waals surface area contributed by atoms with Gasteiger partial charge in [0, 0.05) is 17.3 Å². The highest BCUT2D eigenvalue weighted by Crippen LogP contribution is 2.23. The topological polar surface area (TPSA) is 81.1 Å². The van der Waals surface area contributed by atoms with Crippen molar-refractivity contribution in [2.75, 3.05) is 5.32 Å². The summed E-state index contributed by atoms with van der Waals surface area (Å²) >= 11 is 1.57. The Labute approximate surface area is 142 Å². The van der Waals surface area contributed by atoms with E-state index in [9.17, 15) is 0 Å². The standard InChI is InChI=1S/C16H16N6OS/c1-9-7-14(22-15(18-9)10(2)11(3)20-22)17-8-13-19-16(23-21-13)12-5-4-6-24-12/h4-7,17H,8H2,1-3H3. The number of rotatable bonds is 4. The molecular formula is C16H16N6OS. The Kier molecular flexibility index (Phi) is 3.53. The molecule has 122 valence electrons. The molecule has 4 aromatic heterocycles. The molecule has 4 heterocycles. The number of aromatic nitrogens is 5. The second kappa shape index (κ2) is 5.72. The van der Waals surface area contributed by atoms with Gasteiger partial charge in [-0.3, -0.25) is 0 Å². The summed E-state index contributed by atoms with van der Waals surface area (Å²) in [7, 11) is 0. The van der Waals surface area contributed by atoms with Gasteiger partial charge in [0.1, 0.15) is 5.82 Å². The van der Waals surface area contributed by atoms with Crippen molar-refractivity contribution in [2.24, 2.45) is 0 Å². The van der Waals surface area contributed by atoms with Gasteiger partial charge in [-0.15, -0.1) is 11.3 Å². The highest BCUT2D eigenvalue weighted by molar-refractivity contribution is 7.13. The summed E-state index contributed by atoms with van der Waals surface area (Å²) in [4.78, 5) is 9.95. The van der Waals surface area contributed by atoms with Crippen molar-refractivity contribution in [1.82, 2.24) is 24.7 Å². The first-order chi connectivity index (χ1) is 11.6. The highest BCUT2D eigenvalue weighted by Gasteiger charge is 2.13. The van der Waals surface area contributed by atoms with E-state index < -0.39 is 0 Å². The molecule has 0 aromatic carbocycles. The molecule has 1 N–H and O–H groups in total. The molecule has 0 radical (unpaired) electrons. The Morgan fingerprint density at radius 3 is 2.92 bits per heavy atom. The molecule has 0 bridgehead atoms. The zero-order valence-electron chi connectivity index (χ0n) is 13.6. The third-order valence-electron chi connectivity index (χ3n) is 3.81. The lowest BCUT2D eigenvalue weighted by Gasteiger charge is -2.07. The molecular weight excluding hydrogens is 324 g/mol. The van der Waals surface area contributed by atoms with E-state index >= 15 is 0 Å². The van der Waals surface area contributed by atoms with Gasteiger partial charge in [0.2, 0.25) is 0 Å². The lowest BCUT2D eigenvalue weighted by molar-refractivity contribution is 0.424. The maximum absolute atomic E-state index is 5.31. The van der Waals surface area contributed by atoms with E-state index in [1.54, 1.807) is 11.3 Å². The lowest BCUT2D eigenvalue weighted by Crippen LogP contribution is -2.08. The summed E-state index contributed by atoms with van der Waals surface area (Å²) in [5.74, 6) is 2.00. The fourth-order valence-corrected chi connectivity index (χ4v) is 3.12. The first kappa shape index (κ1) is 14.8. The van der Waals surface area contributed by atoms with Crippen LogP contribution in [0.4, 0.5) is 5.82 Å². The molecule has 0 unspecified atom stereocenters. The van der Waals surface area contributed by atoms with Crippen LogP contribution in [0, 0.1) is 20.8 Å². The summed E-state index contributed by atoms with van der Waals surface area (Å²) < 4.78 is 7.12. The van der Waals surface area contributed by atoms with Crippen LogP contribution in [0.15, 0.2) is 28.1 Å². The molecule has 0 atom stereocenters. The van der Waals surface area contributed by atoms with Crippen molar-refractivity contribution in [3.8, 4) is 10.8 Å². The highest BCUT2D eigenvalue weighted by atomic mass is 32.1. The molecule has 4 aromatic rings. The van der Waals surface area contributed by atoms with Gasteiger partial charge >= 0.3 is 0 Å². The molecule has 0 amide bonds. The van der Waals surface area contributed by atoms with Gasteiger partial charge in [0.05, 0.1) is 17.1 Å². The maximum atomic E-state index is 5.31. The van der Waals surface area contributed by atoms with Crippen LogP contribution in [0.25, 0.3) is 16.4 Å². The molecule has 0 aliphatic rings. The minimum atomic E-state index is 0.450. The van der Waals surface area contributed by atoms with Crippen LogP contribution in [0.5, 0.6) is 0 Å². The number of nitrogens with one attached hydrogen (secondary N) is 1. The van der Waals surface area contributed by atoms with Crippen molar-refractivity contribution in [1.29, 1.82) is 0 Å². The molecule has 0 fully saturated rings. The summed E-state index contributed by atoms with van der Waals surface area (Å²) in [5, 5.41) is 13.9. The second-order valence-electron chi connectivity index (χ2n) is 5.58. The van der Waals surface area contributed by atoms with E-state index in [1.165, 1.54) is 0 Å². The van der Waals surface area contributed by atoms with E-state index in [-0.39, 0.29) is 0 Å². The molecule has 0 saturated heterocycles. The third kappa shape index (κ3) is 2.54. The van der Waals surface area contributed by atoms with Gasteiger partial charge in [-0.05, 0) is 32.2 Å². The van der Waals surface area contributed by atoms with Crippen LogP contribution in [0.2, 0.25) is 0 Å². The summed E-state index contributed by atoms with van der Waals surface area (Å²) in [6.45, 7) is 6.43. The van der Waals surface area contributed by atoms with Gasteiger partial charge in [-0.1, -0.05) is 11.2 Å². The van der Waals surface area contributed by atoms with Crippen LogP contribution >= 0.6 is 11.3 Å². The number of aryl methyl sites for hydroxylation is 3. The van der Waals surface area contributed by atoms with E-state index in [0.29, 0.717) is 18.3 Å². The van der Waals surface area contributed by atoms with Gasteiger partial charge in [0.15, 0.2) is 11.5 Å². The predicted molar refractivity (Wildman–Crippen MR) is 92.1 cm³/mol. The van der Waals surface area contributed by atoms with Crippen molar-refractivity contribution in [2.45, 2.75) is 27.3 Å². The fraction of sp³-hybridized carbons (Fsp3) is 0.250. The number of thiophene rings is 1. The average Bonchev–Trinajstić information content (AvgIpc) is 3.28. The molecule has 0 aliphatic heterocycles. The Morgan fingerprint density at radius 1 is 1.25 bits per heavy atom. The smallest absolute Gasteiger partial charge is 0.268 e. The van der Waals surface area contributed by atoms with Crippen LogP contribution in [0.1, 0.15) is 22.8 Å². The Morgan fingerprint density at radius 2 is 2.12 bits per heavy atom. The number of anilines is 1. The summed E-state index contributed by atoms with van der Waals surface area (Å²) in [6.07, 6.45) is 0. The van der Waals surface area contributed by atoms with Crippen molar-refractivity contribution < 1.29 is 4.52 Å². The van der Waals surface area contributed by atoms with Crippen LogP contribution < -0.4 is 5.32 Å². The van der Waals surface area contributed by atoms with E-state index in [0.717, 1.165) is 33.3 Å². The first-order valence-corrected chi connectivity index (χ1v) is 8.43. The fourth-order valence-electron chi connectivity index (χ4n) is 2.47. The zero-order valence-corrected chi connectivity index (χ0v) is 14.4. The number of nitrogens with zero attached hydrogens (tertiary/aromatic N) is 5. The third-order valence-corrected chi connectivity index (χ3v) is 4.67. The van der Waals surface area contributed by atoms with Crippen molar-refractivity contribution in [3.05, 3.63) is 46.4 Å². The molecule has 0 aliphatic carbocycles. The van der Waals surface area contributed by atoms with Crippen LogP contribution in [0.3, 0.4) is 0 Å². The summed E-state index contributed by atoms with van der Waals surface area (Å²) in [6, 6.07) is 5.88. The van der Waals surface area contributed by atoms with Crippen LogP contribution in [-0.2, 0) is 6.54 Å². The lowest BCUT2D eigenvalue weighted by atomic mass is 10.3. The Hall–Kier alpha value is -2.74. The van der Waals surface area contributed by atoms with E-state index in [2.05, 4.69) is 25.5 Å². The summed E-state index contributed by atoms with van der Waals surface area (Å²) in [5.41, 5.74) is 3.85. The van der Waals surface area contributed by atoms with E-state index in [4.69, 9.17) is 4.52 Å². The van der Waals surface area contributed by atoms with E-state index in [1.807, 2.05) is 48.9 Å². The quantitative estimate of drug-likeness (QED) is 0.613. The predicted octanol–water partition coefficient (Wildman–Crippen LogP) is 3.38. The second-order valence-corrected chi connectivity index (χ2v) is 6.52. The molecule has 0 saturated carbocycles. The van der Waals surface area contributed by atoms with Gasteiger partial charge in [-0.25, -0.2) is 4.98 Å². The minimum absolute atomic E-state index is 0.450. The van der Waals surface area contributed by atoms with Crippen molar-refractivity contribution >= 4 is 22.8 Å². The molecule has 24 heavy (non-hydrogen) atoms. The SMILES string of the molecule is Cc1cc(NCc2noc(-c3cccs3)n2)n2nc(C)c(C)c2n1. The molecule has 0 spiro atoms. The minimum Gasteiger partial charge on any atom is -0.362 e. The monoisotopic (exact) mass is 340 g/mol. The van der Waals surface area contributed by atoms with Gasteiger partial charge in [0.25, 0.3) is 5.89 Å². The van der Waals surface area contributed by atoms with Gasteiger partial charge < -0.3 is 9.84 Å². The maximum Gasteiger partial charge on any atom is 0.268 e. The van der Waals surface area contributed by atoms with Crippen LogP contribution in [-0.4, -0.2) is 24.7 Å². The molecule has 4 rings (SSSR count). The van der Waals surface area contributed by atoms with Gasteiger partial charge in [-0.2, -0.15) is 14.6 Å². The number of hydrogen-bond donors (Lipinski definition) is 1. The molecule has 8 heteroatoms. The Bertz CT molecular complexity index is 1000. The Balaban J connectivity index is 1.60. The normalized spacial score (nSPS) is 11.3. The number of hydrogen-bond acceptors (Lipinski definition) is 7. The average molecular weight is 340 g/mol. The largest absolute Gasteiger partial charge is 0.362 e. The first-order valence-electron chi connectivity index (χ1n) is 7.56. The van der Waals surface area contributed by atoms with Crippen molar-refractivity contribution in [3.63, 3.8) is 0 Å². The zero-order chi connectivity index (χ0) is 16.7.